The van der Waals surface area contributed by atoms with E-state index < -0.39 is 5.91 Å². The van der Waals surface area contributed by atoms with Crippen molar-refractivity contribution in [3.8, 4) is 0 Å². The fourth-order valence-electron chi connectivity index (χ4n) is 1.45. The number of nitrogens with zero attached hydrogens (tertiary/aromatic N) is 1. The highest BCUT2D eigenvalue weighted by Gasteiger charge is 2.09. The number of rotatable bonds is 4. The van der Waals surface area contributed by atoms with Crippen molar-refractivity contribution < 1.29 is 4.79 Å². The highest BCUT2D eigenvalue weighted by atomic mass is 32.1. The number of hydrogen-bond donors (Lipinski definition) is 3. The molecule has 0 saturated heterocycles. The van der Waals surface area contributed by atoms with E-state index in [0.717, 1.165) is 5.01 Å². The van der Waals surface area contributed by atoms with Crippen molar-refractivity contribution in [2.24, 2.45) is 5.73 Å². The third-order valence-electron chi connectivity index (χ3n) is 2.29. The van der Waals surface area contributed by atoms with E-state index in [1.54, 1.807) is 35.7 Å². The molecule has 0 saturated carbocycles. The summed E-state index contributed by atoms with van der Waals surface area (Å²) in [6, 6.07) is 5.14. The lowest BCUT2D eigenvalue weighted by atomic mass is 10.1. The van der Waals surface area contributed by atoms with Gasteiger partial charge in [-0.3, -0.25) is 4.79 Å². The first-order chi connectivity index (χ1) is 8.18. The van der Waals surface area contributed by atoms with Gasteiger partial charge in [-0.05, 0) is 12.1 Å². The van der Waals surface area contributed by atoms with E-state index in [1.165, 1.54) is 0 Å². The Morgan fingerprint density at radius 2 is 2.29 bits per heavy atom. The molecular formula is C11H12N4OS. The zero-order chi connectivity index (χ0) is 12.3. The molecule has 0 fully saturated rings. The monoisotopic (exact) mass is 248 g/mol. The van der Waals surface area contributed by atoms with Crippen LogP contribution in [0.25, 0.3) is 0 Å². The fraction of sp³-hybridized carbons (Fsp3) is 0.0909. The van der Waals surface area contributed by atoms with Gasteiger partial charge in [0, 0.05) is 11.6 Å². The van der Waals surface area contributed by atoms with Crippen molar-refractivity contribution in [1.82, 2.24) is 4.98 Å². The van der Waals surface area contributed by atoms with Crippen LogP contribution in [0.5, 0.6) is 0 Å². The van der Waals surface area contributed by atoms with Gasteiger partial charge in [-0.25, -0.2) is 4.98 Å². The Labute approximate surface area is 102 Å². The number of carbonyl (C=O) groups excluding carboxylic acids is 1. The normalized spacial score (nSPS) is 10.1. The number of thiazole rings is 1. The first-order valence-corrected chi connectivity index (χ1v) is 5.87. The molecule has 1 aromatic heterocycles. The van der Waals surface area contributed by atoms with E-state index in [0.29, 0.717) is 23.5 Å². The summed E-state index contributed by atoms with van der Waals surface area (Å²) in [5, 5.41) is 5.98. The molecule has 6 heteroatoms. The van der Waals surface area contributed by atoms with Gasteiger partial charge in [0.2, 0.25) is 0 Å². The lowest BCUT2D eigenvalue weighted by Gasteiger charge is -2.10. The maximum atomic E-state index is 11.1. The summed E-state index contributed by atoms with van der Waals surface area (Å²) in [6.45, 7) is 0.573. The molecule has 5 nitrogen and oxygen atoms in total. The van der Waals surface area contributed by atoms with Crippen LogP contribution in [0.4, 0.5) is 11.4 Å². The second-order valence-electron chi connectivity index (χ2n) is 3.41. The van der Waals surface area contributed by atoms with Gasteiger partial charge in [-0.1, -0.05) is 6.07 Å². The molecule has 2 rings (SSSR count). The average Bonchev–Trinajstić information content (AvgIpc) is 2.80. The largest absolute Gasteiger partial charge is 0.396 e. The molecule has 1 heterocycles. The highest BCUT2D eigenvalue weighted by Crippen LogP contribution is 2.23. The summed E-state index contributed by atoms with van der Waals surface area (Å²) < 4.78 is 0. The summed E-state index contributed by atoms with van der Waals surface area (Å²) in [7, 11) is 0. The first-order valence-electron chi connectivity index (χ1n) is 4.99. The van der Waals surface area contributed by atoms with Gasteiger partial charge >= 0.3 is 0 Å². The minimum Gasteiger partial charge on any atom is -0.396 e. The standard InChI is InChI=1S/C11H12N4OS/c12-10-7(11(13)16)2-1-3-8(10)15-6-9-14-4-5-17-9/h1-5,15H,6,12H2,(H2,13,16). The molecular weight excluding hydrogens is 236 g/mol. The lowest BCUT2D eigenvalue weighted by Crippen LogP contribution is -2.14. The van der Waals surface area contributed by atoms with Gasteiger partial charge < -0.3 is 16.8 Å². The van der Waals surface area contributed by atoms with Crippen molar-refractivity contribution in [3.63, 3.8) is 0 Å². The Hall–Kier alpha value is -2.08. The SMILES string of the molecule is NC(=O)c1cccc(NCc2nccs2)c1N. The molecule has 0 radical (unpaired) electrons. The zero-order valence-electron chi connectivity index (χ0n) is 9.01. The van der Waals surface area contributed by atoms with Crippen molar-refractivity contribution in [2.45, 2.75) is 6.54 Å². The third-order valence-corrected chi connectivity index (χ3v) is 3.06. The number of para-hydroxylation sites is 1. The number of primary amides is 1. The zero-order valence-corrected chi connectivity index (χ0v) is 9.83. The quantitative estimate of drug-likeness (QED) is 0.713. The maximum absolute atomic E-state index is 11.1. The second kappa shape index (κ2) is 4.84. The molecule has 0 spiro atoms. The number of nitrogens with two attached hydrogens (primary N) is 2. The summed E-state index contributed by atoms with van der Waals surface area (Å²) >= 11 is 1.55. The van der Waals surface area contributed by atoms with E-state index in [9.17, 15) is 4.79 Å². The van der Waals surface area contributed by atoms with Gasteiger partial charge in [-0.2, -0.15) is 0 Å². The second-order valence-corrected chi connectivity index (χ2v) is 4.39. The van der Waals surface area contributed by atoms with Crippen LogP contribution in [0.1, 0.15) is 15.4 Å². The Kier molecular flexibility index (Phi) is 3.24. The van der Waals surface area contributed by atoms with Gasteiger partial charge in [0.15, 0.2) is 0 Å². The Morgan fingerprint density at radius 3 is 2.94 bits per heavy atom. The van der Waals surface area contributed by atoms with Gasteiger partial charge in [-0.15, -0.1) is 11.3 Å². The topological polar surface area (TPSA) is 94.0 Å². The number of hydrogen-bond acceptors (Lipinski definition) is 5. The molecule has 88 valence electrons. The van der Waals surface area contributed by atoms with Crippen LogP contribution in [-0.4, -0.2) is 10.9 Å². The van der Waals surface area contributed by atoms with Crippen molar-refractivity contribution in [1.29, 1.82) is 0 Å². The van der Waals surface area contributed by atoms with Crippen LogP contribution in [0.15, 0.2) is 29.8 Å². The minimum atomic E-state index is -0.527. The number of nitrogen functional groups attached to an aromatic ring is 1. The molecule has 0 aliphatic heterocycles. The predicted molar refractivity (Wildman–Crippen MR) is 68.8 cm³/mol. The van der Waals surface area contributed by atoms with Crippen molar-refractivity contribution >= 4 is 28.6 Å². The Balaban J connectivity index is 2.16. The predicted octanol–water partition coefficient (Wildman–Crippen LogP) is 1.44. The van der Waals surface area contributed by atoms with Crippen LogP contribution < -0.4 is 16.8 Å². The van der Waals surface area contributed by atoms with Crippen LogP contribution >= 0.6 is 11.3 Å². The first kappa shape index (κ1) is 11.4. The third kappa shape index (κ3) is 2.54. The van der Waals surface area contributed by atoms with E-state index in [2.05, 4.69) is 10.3 Å². The van der Waals surface area contributed by atoms with Crippen LogP contribution in [0, 0.1) is 0 Å². The number of nitrogens with one attached hydrogen (secondary N) is 1. The smallest absolute Gasteiger partial charge is 0.250 e. The Morgan fingerprint density at radius 1 is 1.47 bits per heavy atom. The molecule has 2 aromatic rings. The highest BCUT2D eigenvalue weighted by molar-refractivity contribution is 7.09. The molecule has 1 amide bonds. The molecule has 0 aliphatic carbocycles. The minimum absolute atomic E-state index is 0.328. The molecule has 17 heavy (non-hydrogen) atoms. The van der Waals surface area contributed by atoms with Crippen LogP contribution in [-0.2, 0) is 6.54 Å². The molecule has 0 aliphatic rings. The molecule has 0 atom stereocenters. The number of benzene rings is 1. The van der Waals surface area contributed by atoms with E-state index in [4.69, 9.17) is 11.5 Å². The van der Waals surface area contributed by atoms with Crippen LogP contribution in [0.2, 0.25) is 0 Å². The van der Waals surface area contributed by atoms with Gasteiger partial charge in [0.1, 0.15) is 5.01 Å². The Bertz CT molecular complexity index is 524. The summed E-state index contributed by atoms with van der Waals surface area (Å²) in [5.74, 6) is -0.527. The molecule has 5 N–H and O–H groups in total. The number of amides is 1. The summed E-state index contributed by atoms with van der Waals surface area (Å²) in [5.41, 5.74) is 12.5. The van der Waals surface area contributed by atoms with E-state index >= 15 is 0 Å². The van der Waals surface area contributed by atoms with Gasteiger partial charge in [0.25, 0.3) is 5.91 Å². The molecule has 0 unspecified atom stereocenters. The van der Waals surface area contributed by atoms with Crippen molar-refractivity contribution in [2.75, 3.05) is 11.1 Å². The molecule has 1 aromatic carbocycles. The van der Waals surface area contributed by atoms with Crippen LogP contribution in [0.3, 0.4) is 0 Å². The number of aromatic nitrogens is 1. The summed E-state index contributed by atoms with van der Waals surface area (Å²) in [6.07, 6.45) is 1.74. The number of anilines is 2. The maximum Gasteiger partial charge on any atom is 0.250 e. The fourth-order valence-corrected chi connectivity index (χ4v) is 2.00. The van der Waals surface area contributed by atoms with Gasteiger partial charge in [0.05, 0.1) is 23.5 Å². The summed E-state index contributed by atoms with van der Waals surface area (Å²) in [4.78, 5) is 15.3. The van der Waals surface area contributed by atoms with Crippen molar-refractivity contribution in [3.05, 3.63) is 40.3 Å². The van der Waals surface area contributed by atoms with E-state index in [1.807, 2.05) is 5.38 Å². The number of carbonyl (C=O) groups is 1. The lowest BCUT2D eigenvalue weighted by molar-refractivity contribution is 0.100. The molecule has 0 bridgehead atoms. The van der Waals surface area contributed by atoms with E-state index in [-0.39, 0.29) is 0 Å². The average molecular weight is 248 g/mol.